The van der Waals surface area contributed by atoms with Gasteiger partial charge in [-0.15, -0.1) is 0 Å². The van der Waals surface area contributed by atoms with Gasteiger partial charge in [0.1, 0.15) is 5.75 Å². The molecule has 0 aliphatic carbocycles. The van der Waals surface area contributed by atoms with Gasteiger partial charge in [0.05, 0.1) is 25.6 Å². The van der Waals surface area contributed by atoms with Crippen molar-refractivity contribution < 1.29 is 9.53 Å². The number of methoxy groups -OCH3 is 1. The number of nitrogens with one attached hydrogen (secondary N) is 1. The van der Waals surface area contributed by atoms with Crippen LogP contribution in [0.4, 0.5) is 0 Å². The third-order valence-electron chi connectivity index (χ3n) is 4.39. The Labute approximate surface area is 165 Å². The summed E-state index contributed by atoms with van der Waals surface area (Å²) in [5.41, 5.74) is 7.17. The minimum Gasteiger partial charge on any atom is -0.497 e. The highest BCUT2D eigenvalue weighted by Crippen LogP contribution is 2.15. The van der Waals surface area contributed by atoms with Crippen molar-refractivity contribution in [1.82, 2.24) is 5.43 Å². The van der Waals surface area contributed by atoms with Crippen molar-refractivity contribution >= 4 is 17.8 Å². The van der Waals surface area contributed by atoms with E-state index in [1.807, 2.05) is 30.3 Å². The van der Waals surface area contributed by atoms with E-state index in [1.165, 1.54) is 5.56 Å². The monoisotopic (exact) mass is 375 g/mol. The van der Waals surface area contributed by atoms with Gasteiger partial charge in [-0.25, -0.2) is 5.43 Å². The summed E-state index contributed by atoms with van der Waals surface area (Å²) in [6, 6.07) is 15.8. The number of hydrazone groups is 1. The molecule has 2 aromatic rings. The summed E-state index contributed by atoms with van der Waals surface area (Å²) >= 11 is 0. The number of nitrogens with zero attached hydrogens (tertiary/aromatic N) is 2. The second kappa shape index (κ2) is 9.13. The van der Waals surface area contributed by atoms with Gasteiger partial charge in [-0.2, -0.15) is 5.10 Å². The third-order valence-corrected chi connectivity index (χ3v) is 4.39. The fourth-order valence-electron chi connectivity index (χ4n) is 2.98. The van der Waals surface area contributed by atoms with Gasteiger partial charge in [0, 0.05) is 5.57 Å². The van der Waals surface area contributed by atoms with E-state index in [-0.39, 0.29) is 5.91 Å². The maximum absolute atomic E-state index is 12.3. The highest BCUT2D eigenvalue weighted by Gasteiger charge is 2.16. The number of aliphatic imine (C=N–C) groups is 1. The van der Waals surface area contributed by atoms with Crippen molar-refractivity contribution in [2.45, 2.75) is 20.3 Å². The molecule has 5 heteroatoms. The molecule has 1 heterocycles. The maximum atomic E-state index is 12.3. The van der Waals surface area contributed by atoms with Gasteiger partial charge < -0.3 is 4.74 Å². The summed E-state index contributed by atoms with van der Waals surface area (Å²) in [7, 11) is 1.61. The molecule has 2 aromatic carbocycles. The molecule has 0 saturated carbocycles. The first-order valence-corrected chi connectivity index (χ1v) is 9.37. The van der Waals surface area contributed by atoms with Crippen LogP contribution >= 0.6 is 0 Å². The average molecular weight is 375 g/mol. The fourth-order valence-corrected chi connectivity index (χ4v) is 2.98. The number of rotatable bonds is 7. The zero-order valence-corrected chi connectivity index (χ0v) is 16.5. The highest BCUT2D eigenvalue weighted by atomic mass is 16.5. The maximum Gasteiger partial charge on any atom is 0.269 e. The fraction of sp³-hybridized carbons (Fsp3) is 0.261. The van der Waals surface area contributed by atoms with Gasteiger partial charge in [-0.3, -0.25) is 9.79 Å². The number of amides is 1. The molecule has 5 nitrogen and oxygen atoms in total. The Bertz CT molecular complexity index is 925. The minimum absolute atomic E-state index is 0.241. The number of hydrogen-bond donors (Lipinski definition) is 1. The number of carbonyl (C=O) groups excluding carboxylic acids is 1. The number of benzene rings is 2. The first-order chi connectivity index (χ1) is 13.5. The van der Waals surface area contributed by atoms with E-state index in [0.29, 0.717) is 18.0 Å². The molecular formula is C23H25N3O2. The van der Waals surface area contributed by atoms with Crippen molar-refractivity contribution in [2.24, 2.45) is 16.0 Å². The van der Waals surface area contributed by atoms with Crippen LogP contribution < -0.4 is 10.2 Å². The average Bonchev–Trinajstić information content (AvgIpc) is 3.18. The van der Waals surface area contributed by atoms with Gasteiger partial charge in [0.25, 0.3) is 5.91 Å². The molecular weight excluding hydrogens is 350 g/mol. The van der Waals surface area contributed by atoms with Crippen LogP contribution in [-0.4, -0.2) is 31.5 Å². The molecule has 1 N–H and O–H groups in total. The lowest BCUT2D eigenvalue weighted by molar-refractivity contribution is -0.117. The van der Waals surface area contributed by atoms with E-state index in [0.717, 1.165) is 29.0 Å². The lowest BCUT2D eigenvalue weighted by atomic mass is 10.0. The van der Waals surface area contributed by atoms with Gasteiger partial charge >= 0.3 is 0 Å². The Kier molecular flexibility index (Phi) is 6.37. The molecule has 0 atom stereocenters. The molecule has 0 spiro atoms. The molecule has 0 aromatic heterocycles. The van der Waals surface area contributed by atoms with Crippen LogP contribution in [0.25, 0.3) is 0 Å². The van der Waals surface area contributed by atoms with E-state index < -0.39 is 0 Å². The molecule has 0 saturated heterocycles. The van der Waals surface area contributed by atoms with Gasteiger partial charge in [-0.1, -0.05) is 50.2 Å². The predicted molar refractivity (Wildman–Crippen MR) is 113 cm³/mol. The lowest BCUT2D eigenvalue weighted by Gasteiger charge is -2.05. The van der Waals surface area contributed by atoms with Gasteiger partial charge in [0.2, 0.25) is 0 Å². The molecule has 1 amide bonds. The third kappa shape index (κ3) is 5.16. The predicted octanol–water partition coefficient (Wildman–Crippen LogP) is 3.77. The van der Waals surface area contributed by atoms with Crippen molar-refractivity contribution in [3.05, 3.63) is 76.9 Å². The zero-order valence-electron chi connectivity index (χ0n) is 16.5. The van der Waals surface area contributed by atoms with Gasteiger partial charge in [0.15, 0.2) is 0 Å². The molecule has 0 fully saturated rings. The van der Waals surface area contributed by atoms with Crippen LogP contribution in [0.1, 0.15) is 30.5 Å². The lowest BCUT2D eigenvalue weighted by Crippen LogP contribution is -2.20. The van der Waals surface area contributed by atoms with Crippen LogP contribution in [0, 0.1) is 5.92 Å². The Morgan fingerprint density at radius 2 is 2.04 bits per heavy atom. The van der Waals surface area contributed by atoms with Crippen LogP contribution in [0.2, 0.25) is 0 Å². The molecule has 0 bridgehead atoms. The second-order valence-electron chi connectivity index (χ2n) is 7.14. The topological polar surface area (TPSA) is 63.0 Å². The van der Waals surface area contributed by atoms with Crippen molar-refractivity contribution in [3.8, 4) is 5.75 Å². The summed E-state index contributed by atoms with van der Waals surface area (Å²) < 4.78 is 5.17. The zero-order chi connectivity index (χ0) is 19.9. The summed E-state index contributed by atoms with van der Waals surface area (Å²) in [5, 5.41) is 4.03. The molecule has 28 heavy (non-hydrogen) atoms. The van der Waals surface area contributed by atoms with Crippen molar-refractivity contribution in [3.63, 3.8) is 0 Å². The second-order valence-corrected chi connectivity index (χ2v) is 7.14. The molecule has 144 valence electrons. The van der Waals surface area contributed by atoms with E-state index in [9.17, 15) is 4.79 Å². The Hall–Kier alpha value is -3.21. The normalized spacial score (nSPS) is 13.6. The standard InChI is InChI=1S/C23H25N3O2/c1-16(2)11-17-7-9-19(10-8-17)22-13-20(15-24-22)23(27)26-25-14-18-5-4-6-21(12-18)28-3/h4-10,12-14,16H,11,15H2,1-3H3,(H,26,27)/b25-14+. The summed E-state index contributed by atoms with van der Waals surface area (Å²) in [5.74, 6) is 1.13. The van der Waals surface area contributed by atoms with Crippen LogP contribution in [0.3, 0.4) is 0 Å². The Morgan fingerprint density at radius 1 is 1.25 bits per heavy atom. The van der Waals surface area contributed by atoms with Crippen LogP contribution in [0.15, 0.2) is 70.3 Å². The van der Waals surface area contributed by atoms with E-state index in [4.69, 9.17) is 4.74 Å². The Balaban J connectivity index is 1.59. The van der Waals surface area contributed by atoms with E-state index in [1.54, 1.807) is 13.3 Å². The van der Waals surface area contributed by atoms with Crippen molar-refractivity contribution in [2.75, 3.05) is 13.7 Å². The van der Waals surface area contributed by atoms with Gasteiger partial charge in [-0.05, 0) is 47.2 Å². The van der Waals surface area contributed by atoms with Crippen molar-refractivity contribution in [1.29, 1.82) is 0 Å². The smallest absolute Gasteiger partial charge is 0.269 e. The van der Waals surface area contributed by atoms with Crippen LogP contribution in [-0.2, 0) is 11.2 Å². The van der Waals surface area contributed by atoms with Crippen LogP contribution in [0.5, 0.6) is 5.75 Å². The summed E-state index contributed by atoms with van der Waals surface area (Å²) in [4.78, 5) is 16.8. The highest BCUT2D eigenvalue weighted by molar-refractivity contribution is 6.15. The molecule has 0 radical (unpaired) electrons. The molecule has 1 aliphatic rings. The first-order valence-electron chi connectivity index (χ1n) is 9.37. The largest absolute Gasteiger partial charge is 0.497 e. The minimum atomic E-state index is -0.241. The quantitative estimate of drug-likeness (QED) is 0.591. The molecule has 3 rings (SSSR count). The van der Waals surface area contributed by atoms with E-state index in [2.05, 4.69) is 53.6 Å². The molecule has 1 aliphatic heterocycles. The van der Waals surface area contributed by atoms with E-state index >= 15 is 0 Å². The SMILES string of the molecule is COc1cccc(/C=N/NC(=O)C2=CC(c3ccc(CC(C)C)cc3)=NC2)c1. The summed E-state index contributed by atoms with van der Waals surface area (Å²) in [6.07, 6.45) is 4.47. The number of ether oxygens (including phenoxy) is 1. The first kappa shape index (κ1) is 19.5. The number of carbonyl (C=O) groups is 1. The number of allylic oxidation sites excluding steroid dienone is 1. The molecule has 0 unspecified atom stereocenters. The Morgan fingerprint density at radius 3 is 2.75 bits per heavy atom. The number of hydrogen-bond acceptors (Lipinski definition) is 4. The summed E-state index contributed by atoms with van der Waals surface area (Å²) in [6.45, 7) is 4.78.